The maximum absolute atomic E-state index is 11.9. The van der Waals surface area contributed by atoms with E-state index in [0.717, 1.165) is 0 Å². The van der Waals surface area contributed by atoms with Crippen LogP contribution < -0.4 is 16.4 Å². The van der Waals surface area contributed by atoms with Crippen molar-refractivity contribution in [1.82, 2.24) is 4.98 Å². The van der Waals surface area contributed by atoms with Crippen LogP contribution in [-0.2, 0) is 0 Å². The molecule has 6 nitrogen and oxygen atoms in total. The van der Waals surface area contributed by atoms with Crippen molar-refractivity contribution in [2.75, 3.05) is 10.6 Å². The van der Waals surface area contributed by atoms with Gasteiger partial charge in [-0.25, -0.2) is 4.79 Å². The molecule has 0 saturated carbocycles. The lowest BCUT2D eigenvalue weighted by atomic mass is 10.2. The average molecular weight is 291 g/mol. The molecule has 0 saturated heterocycles. The minimum absolute atomic E-state index is 0.219. The van der Waals surface area contributed by atoms with Crippen molar-refractivity contribution in [3.63, 3.8) is 0 Å². The topological polar surface area (TPSA) is 97.1 Å². The predicted octanol–water partition coefficient (Wildman–Crippen LogP) is 2.48. The summed E-state index contributed by atoms with van der Waals surface area (Å²) in [5.41, 5.74) is 6.31. The van der Waals surface area contributed by atoms with Gasteiger partial charge in [0, 0.05) is 22.6 Å². The average Bonchev–Trinajstić information content (AvgIpc) is 2.40. The molecule has 0 aliphatic carbocycles. The van der Waals surface area contributed by atoms with E-state index in [0.29, 0.717) is 16.4 Å². The highest BCUT2D eigenvalue weighted by molar-refractivity contribution is 6.30. The molecule has 0 unspecified atom stereocenters. The summed E-state index contributed by atoms with van der Waals surface area (Å²) in [5, 5.41) is 5.52. The number of rotatable bonds is 3. The number of nitrogens with two attached hydrogens (primary N) is 1. The highest BCUT2D eigenvalue weighted by atomic mass is 35.5. The summed E-state index contributed by atoms with van der Waals surface area (Å²) in [4.78, 5) is 26.5. The lowest BCUT2D eigenvalue weighted by Gasteiger charge is -2.06. The van der Waals surface area contributed by atoms with Gasteiger partial charge in [0.05, 0.1) is 0 Å². The van der Waals surface area contributed by atoms with E-state index in [2.05, 4.69) is 15.6 Å². The van der Waals surface area contributed by atoms with Crippen LogP contribution in [-0.4, -0.2) is 16.9 Å². The lowest BCUT2D eigenvalue weighted by Crippen LogP contribution is -2.19. The van der Waals surface area contributed by atoms with Crippen LogP contribution in [0.25, 0.3) is 0 Å². The first-order valence-corrected chi connectivity index (χ1v) is 6.02. The summed E-state index contributed by atoms with van der Waals surface area (Å²) < 4.78 is 0. The van der Waals surface area contributed by atoms with Crippen LogP contribution in [0.1, 0.15) is 10.5 Å². The number of nitrogens with zero attached hydrogens (tertiary/aromatic N) is 1. The number of pyridine rings is 1. The van der Waals surface area contributed by atoms with Crippen molar-refractivity contribution in [1.29, 1.82) is 0 Å². The number of urea groups is 1. The summed E-state index contributed by atoms with van der Waals surface area (Å²) >= 11 is 5.79. The molecule has 0 atom stereocenters. The van der Waals surface area contributed by atoms with E-state index in [-0.39, 0.29) is 11.6 Å². The van der Waals surface area contributed by atoms with E-state index in [9.17, 15) is 9.59 Å². The Balaban J connectivity index is 2.06. The molecular weight excluding hydrogens is 280 g/mol. The van der Waals surface area contributed by atoms with Gasteiger partial charge >= 0.3 is 6.03 Å². The van der Waals surface area contributed by atoms with Crippen LogP contribution in [0.2, 0.25) is 5.02 Å². The minimum atomic E-state index is -0.648. The van der Waals surface area contributed by atoms with E-state index >= 15 is 0 Å². The third-order valence-electron chi connectivity index (χ3n) is 2.36. The van der Waals surface area contributed by atoms with Crippen molar-refractivity contribution >= 4 is 34.9 Å². The number of amides is 3. The Morgan fingerprint density at radius 3 is 2.20 bits per heavy atom. The van der Waals surface area contributed by atoms with Gasteiger partial charge in [0.2, 0.25) is 0 Å². The summed E-state index contributed by atoms with van der Waals surface area (Å²) in [6.45, 7) is 0. The fourth-order valence-electron chi connectivity index (χ4n) is 1.50. The van der Waals surface area contributed by atoms with Gasteiger partial charge in [-0.15, -0.1) is 0 Å². The van der Waals surface area contributed by atoms with E-state index < -0.39 is 6.03 Å². The summed E-state index contributed by atoms with van der Waals surface area (Å²) in [6, 6.07) is 8.91. The number of anilines is 2. The van der Waals surface area contributed by atoms with Crippen molar-refractivity contribution in [2.45, 2.75) is 0 Å². The first-order valence-electron chi connectivity index (χ1n) is 5.64. The number of hydrogen-bond donors (Lipinski definition) is 3. The predicted molar refractivity (Wildman–Crippen MR) is 76.8 cm³/mol. The van der Waals surface area contributed by atoms with Crippen molar-refractivity contribution in [3.05, 3.63) is 53.3 Å². The first-order chi connectivity index (χ1) is 9.54. The number of primary amides is 1. The van der Waals surface area contributed by atoms with E-state index in [4.69, 9.17) is 17.3 Å². The standard InChI is InChI=1S/C13H11ClN4O2/c14-8-5-6-16-11(7-8)12(19)17-9-1-3-10(4-2-9)18-13(15)20/h1-7H,(H,17,19)(H3,15,18,20). The molecule has 4 N–H and O–H groups in total. The number of carbonyl (C=O) groups is 2. The number of halogens is 1. The summed E-state index contributed by atoms with van der Waals surface area (Å²) in [7, 11) is 0. The van der Waals surface area contributed by atoms with Gasteiger partial charge in [0.25, 0.3) is 5.91 Å². The number of nitrogens with one attached hydrogen (secondary N) is 2. The number of aromatic nitrogens is 1. The van der Waals surface area contributed by atoms with Crippen molar-refractivity contribution in [3.8, 4) is 0 Å². The van der Waals surface area contributed by atoms with Crippen molar-refractivity contribution in [2.24, 2.45) is 5.73 Å². The molecule has 0 radical (unpaired) electrons. The quantitative estimate of drug-likeness (QED) is 0.810. The van der Waals surface area contributed by atoms with Gasteiger partial charge in [0.15, 0.2) is 0 Å². The largest absolute Gasteiger partial charge is 0.351 e. The molecule has 0 spiro atoms. The first kappa shape index (κ1) is 13.8. The normalized spacial score (nSPS) is 9.85. The molecule has 0 bridgehead atoms. The SMILES string of the molecule is NC(=O)Nc1ccc(NC(=O)c2cc(Cl)ccn2)cc1. The third kappa shape index (κ3) is 3.69. The fourth-order valence-corrected chi connectivity index (χ4v) is 1.66. The Hall–Kier alpha value is -2.60. The maximum atomic E-state index is 11.9. The number of carbonyl (C=O) groups excluding carboxylic acids is 2. The maximum Gasteiger partial charge on any atom is 0.316 e. The van der Waals surface area contributed by atoms with Gasteiger partial charge in [-0.1, -0.05) is 11.6 Å². The van der Waals surface area contributed by atoms with Crippen LogP contribution in [0.5, 0.6) is 0 Å². The van der Waals surface area contributed by atoms with Gasteiger partial charge in [-0.2, -0.15) is 0 Å². The second-order valence-corrected chi connectivity index (χ2v) is 4.32. The summed E-state index contributed by atoms with van der Waals surface area (Å²) in [6.07, 6.45) is 1.46. The molecule has 0 fully saturated rings. The van der Waals surface area contributed by atoms with Crippen LogP contribution in [0.15, 0.2) is 42.6 Å². The molecule has 1 aromatic heterocycles. The zero-order valence-electron chi connectivity index (χ0n) is 10.3. The number of hydrogen-bond acceptors (Lipinski definition) is 3. The lowest BCUT2D eigenvalue weighted by molar-refractivity contribution is 0.102. The Morgan fingerprint density at radius 1 is 1.05 bits per heavy atom. The highest BCUT2D eigenvalue weighted by Crippen LogP contribution is 2.15. The minimum Gasteiger partial charge on any atom is -0.351 e. The van der Waals surface area contributed by atoms with E-state index in [1.54, 1.807) is 30.3 Å². The zero-order chi connectivity index (χ0) is 14.5. The van der Waals surface area contributed by atoms with Gasteiger partial charge in [-0.05, 0) is 36.4 Å². The Bertz CT molecular complexity index is 643. The van der Waals surface area contributed by atoms with Gasteiger partial charge in [-0.3, -0.25) is 9.78 Å². The summed E-state index contributed by atoms with van der Waals surface area (Å²) in [5.74, 6) is -0.372. The second kappa shape index (κ2) is 6.03. The molecule has 0 aliphatic rings. The van der Waals surface area contributed by atoms with Gasteiger partial charge in [0.1, 0.15) is 5.69 Å². The molecular formula is C13H11ClN4O2. The second-order valence-electron chi connectivity index (χ2n) is 3.88. The molecule has 7 heteroatoms. The van der Waals surface area contributed by atoms with Crippen molar-refractivity contribution < 1.29 is 9.59 Å². The number of benzene rings is 1. The molecule has 20 heavy (non-hydrogen) atoms. The van der Waals surface area contributed by atoms with Crippen LogP contribution in [0.3, 0.4) is 0 Å². The zero-order valence-corrected chi connectivity index (χ0v) is 11.0. The molecule has 1 heterocycles. The Morgan fingerprint density at radius 2 is 1.65 bits per heavy atom. The molecule has 2 aromatic rings. The molecule has 3 amide bonds. The van der Waals surface area contributed by atoms with Crippen LogP contribution in [0.4, 0.5) is 16.2 Å². The highest BCUT2D eigenvalue weighted by Gasteiger charge is 2.08. The monoisotopic (exact) mass is 290 g/mol. The Labute approximate surface area is 120 Å². The van der Waals surface area contributed by atoms with Crippen LogP contribution in [0, 0.1) is 0 Å². The van der Waals surface area contributed by atoms with E-state index in [1.807, 2.05) is 0 Å². The smallest absolute Gasteiger partial charge is 0.316 e. The van der Waals surface area contributed by atoms with E-state index in [1.165, 1.54) is 12.3 Å². The molecule has 2 rings (SSSR count). The molecule has 102 valence electrons. The van der Waals surface area contributed by atoms with Crippen LogP contribution >= 0.6 is 11.6 Å². The van der Waals surface area contributed by atoms with Gasteiger partial charge < -0.3 is 16.4 Å². The third-order valence-corrected chi connectivity index (χ3v) is 2.60. The molecule has 0 aliphatic heterocycles. The Kier molecular flexibility index (Phi) is 4.17. The fraction of sp³-hybridized carbons (Fsp3) is 0. The molecule has 1 aromatic carbocycles.